The Labute approximate surface area is 202 Å². The average Bonchev–Trinajstić information content (AvgIpc) is 3.36. The fourth-order valence-electron chi connectivity index (χ4n) is 3.99. The molecule has 7 nitrogen and oxygen atoms in total. The highest BCUT2D eigenvalue weighted by molar-refractivity contribution is 5.94. The maximum atomic E-state index is 12.5. The van der Waals surface area contributed by atoms with Crippen LogP contribution in [-0.4, -0.2) is 26.8 Å². The van der Waals surface area contributed by atoms with Crippen molar-refractivity contribution < 1.29 is 4.79 Å². The van der Waals surface area contributed by atoms with Gasteiger partial charge in [-0.2, -0.15) is 0 Å². The van der Waals surface area contributed by atoms with Gasteiger partial charge in [-0.05, 0) is 61.4 Å². The van der Waals surface area contributed by atoms with Crippen LogP contribution in [0.5, 0.6) is 0 Å². The smallest absolute Gasteiger partial charge is 0.251 e. The van der Waals surface area contributed by atoms with Crippen LogP contribution in [0.4, 0.5) is 11.4 Å². The average molecular weight is 464 g/mol. The van der Waals surface area contributed by atoms with Crippen molar-refractivity contribution in [3.05, 3.63) is 118 Å². The second kappa shape index (κ2) is 9.69. The summed E-state index contributed by atoms with van der Waals surface area (Å²) >= 11 is 0. The van der Waals surface area contributed by atoms with Crippen LogP contribution in [-0.2, 0) is 6.42 Å². The van der Waals surface area contributed by atoms with E-state index in [1.165, 1.54) is 11.1 Å². The molecule has 0 fully saturated rings. The predicted molar refractivity (Wildman–Crippen MR) is 138 cm³/mol. The topological polar surface area (TPSA) is 91.3 Å². The Kier molecular flexibility index (Phi) is 6.13. The summed E-state index contributed by atoms with van der Waals surface area (Å²) in [5.41, 5.74) is 6.95. The Morgan fingerprint density at radius 3 is 2.57 bits per heavy atom. The third-order valence-electron chi connectivity index (χ3n) is 5.87. The number of fused-ring (bicyclic) bond motifs is 1. The van der Waals surface area contributed by atoms with Crippen LogP contribution in [0.2, 0.25) is 0 Å². The molecule has 5 aromatic rings. The zero-order chi connectivity index (χ0) is 24.2. The second-order valence-corrected chi connectivity index (χ2v) is 8.39. The molecule has 0 spiro atoms. The molecule has 3 heterocycles. The highest BCUT2D eigenvalue weighted by Crippen LogP contribution is 2.27. The summed E-state index contributed by atoms with van der Waals surface area (Å²) in [7, 11) is 0. The van der Waals surface area contributed by atoms with Crippen molar-refractivity contribution in [2.24, 2.45) is 0 Å². The summed E-state index contributed by atoms with van der Waals surface area (Å²) in [4.78, 5) is 31.4. The zero-order valence-corrected chi connectivity index (χ0v) is 19.3. The van der Waals surface area contributed by atoms with Gasteiger partial charge in [0.25, 0.3) is 5.91 Å². The van der Waals surface area contributed by atoms with Crippen LogP contribution in [0.3, 0.4) is 0 Å². The summed E-state index contributed by atoms with van der Waals surface area (Å²) < 4.78 is 1.94. The van der Waals surface area contributed by atoms with Crippen LogP contribution >= 0.6 is 0 Å². The summed E-state index contributed by atoms with van der Waals surface area (Å²) in [6.45, 7) is 2.64. The van der Waals surface area contributed by atoms with Crippen molar-refractivity contribution in [3.8, 4) is 11.3 Å². The third-order valence-corrected chi connectivity index (χ3v) is 5.87. The van der Waals surface area contributed by atoms with E-state index in [2.05, 4.69) is 51.8 Å². The first-order valence-corrected chi connectivity index (χ1v) is 11.4. The molecule has 0 aliphatic rings. The largest absolute Gasteiger partial charge is 0.352 e. The van der Waals surface area contributed by atoms with Crippen molar-refractivity contribution in [2.45, 2.75) is 13.3 Å². The van der Waals surface area contributed by atoms with Gasteiger partial charge in [0.05, 0.1) is 11.4 Å². The molecule has 0 aliphatic heterocycles. The van der Waals surface area contributed by atoms with Crippen LogP contribution in [0, 0.1) is 6.92 Å². The Balaban J connectivity index is 1.26. The number of H-pyrrole nitrogens is 1. The molecule has 0 bridgehead atoms. The number of imidazole rings is 1. The van der Waals surface area contributed by atoms with Crippen molar-refractivity contribution in [1.29, 1.82) is 0 Å². The van der Waals surface area contributed by atoms with E-state index in [0.29, 0.717) is 12.1 Å². The van der Waals surface area contributed by atoms with E-state index >= 15 is 0 Å². The number of anilines is 2. The molecule has 0 saturated heterocycles. The molecule has 3 N–H and O–H groups in total. The van der Waals surface area contributed by atoms with Gasteiger partial charge in [0.2, 0.25) is 5.56 Å². The first-order chi connectivity index (χ1) is 17.1. The maximum absolute atomic E-state index is 12.5. The van der Waals surface area contributed by atoms with E-state index in [-0.39, 0.29) is 11.5 Å². The lowest BCUT2D eigenvalue weighted by atomic mass is 10.1. The van der Waals surface area contributed by atoms with Gasteiger partial charge < -0.3 is 15.6 Å². The lowest BCUT2D eigenvalue weighted by molar-refractivity contribution is 0.0954. The number of benzene rings is 2. The summed E-state index contributed by atoms with van der Waals surface area (Å²) in [6.07, 6.45) is 6.01. The van der Waals surface area contributed by atoms with Gasteiger partial charge in [-0.3, -0.25) is 14.0 Å². The number of nitrogens with zero attached hydrogens (tertiary/aromatic N) is 2. The van der Waals surface area contributed by atoms with Crippen LogP contribution in [0.25, 0.3) is 16.9 Å². The third kappa shape index (κ3) is 4.99. The summed E-state index contributed by atoms with van der Waals surface area (Å²) in [5.74, 6) is -0.0958. The molecule has 3 aromatic heterocycles. The Bertz CT molecular complexity index is 1530. The number of hydrogen-bond donors (Lipinski definition) is 3. The molecule has 35 heavy (non-hydrogen) atoms. The normalized spacial score (nSPS) is 10.9. The van der Waals surface area contributed by atoms with Gasteiger partial charge >= 0.3 is 0 Å². The van der Waals surface area contributed by atoms with E-state index in [4.69, 9.17) is 0 Å². The lowest BCUT2D eigenvalue weighted by Crippen LogP contribution is -2.25. The van der Waals surface area contributed by atoms with Crippen LogP contribution in [0.1, 0.15) is 21.5 Å². The van der Waals surface area contributed by atoms with Gasteiger partial charge in [0, 0.05) is 48.0 Å². The molecule has 2 aromatic carbocycles. The van der Waals surface area contributed by atoms with Gasteiger partial charge in [-0.25, -0.2) is 4.98 Å². The van der Waals surface area contributed by atoms with E-state index in [1.807, 2.05) is 40.9 Å². The SMILES string of the molecule is Cc1ccc(CCNC(=O)c2ccc(Nc3ccc(-c4cc[nH]c(=O)c4)n4ccnc34)cc2)cc1. The monoisotopic (exact) mass is 463 g/mol. The van der Waals surface area contributed by atoms with Gasteiger partial charge in [-0.1, -0.05) is 29.8 Å². The fraction of sp³-hybridized carbons (Fsp3) is 0.107. The van der Waals surface area contributed by atoms with Crippen molar-refractivity contribution in [3.63, 3.8) is 0 Å². The van der Waals surface area contributed by atoms with Gasteiger partial charge in [0.1, 0.15) is 0 Å². The lowest BCUT2D eigenvalue weighted by Gasteiger charge is -2.12. The Morgan fingerprint density at radius 2 is 1.80 bits per heavy atom. The van der Waals surface area contributed by atoms with Crippen molar-refractivity contribution in [2.75, 3.05) is 11.9 Å². The molecular formula is C28H25N5O2. The number of aryl methyl sites for hydroxylation is 1. The van der Waals surface area contributed by atoms with Gasteiger partial charge in [-0.15, -0.1) is 0 Å². The first kappa shape index (κ1) is 22.2. The van der Waals surface area contributed by atoms with Crippen LogP contribution in [0.15, 0.2) is 96.2 Å². The Morgan fingerprint density at radius 1 is 1.00 bits per heavy atom. The zero-order valence-electron chi connectivity index (χ0n) is 19.3. The molecule has 1 amide bonds. The molecule has 0 atom stereocenters. The van der Waals surface area contributed by atoms with E-state index in [1.54, 1.807) is 30.6 Å². The molecule has 0 aliphatic carbocycles. The number of carbonyl (C=O) groups excluding carboxylic acids is 1. The number of rotatable bonds is 7. The second-order valence-electron chi connectivity index (χ2n) is 8.39. The minimum absolute atomic E-state index is 0.0958. The number of nitrogens with one attached hydrogen (secondary N) is 3. The van der Waals surface area contributed by atoms with Gasteiger partial charge in [0.15, 0.2) is 5.65 Å². The number of amides is 1. The fourth-order valence-corrected chi connectivity index (χ4v) is 3.99. The molecule has 0 unspecified atom stereocenters. The number of hydrogen-bond acceptors (Lipinski definition) is 4. The maximum Gasteiger partial charge on any atom is 0.251 e. The minimum atomic E-state index is -0.155. The highest BCUT2D eigenvalue weighted by Gasteiger charge is 2.10. The van der Waals surface area contributed by atoms with E-state index in [9.17, 15) is 9.59 Å². The number of pyridine rings is 2. The highest BCUT2D eigenvalue weighted by atomic mass is 16.1. The van der Waals surface area contributed by atoms with Crippen LogP contribution < -0.4 is 16.2 Å². The molecule has 174 valence electrons. The van der Waals surface area contributed by atoms with E-state index in [0.717, 1.165) is 34.7 Å². The summed E-state index contributed by atoms with van der Waals surface area (Å²) in [6, 6.07) is 23.0. The molecule has 5 rings (SSSR count). The number of aromatic amines is 1. The predicted octanol–water partition coefficient (Wildman–Crippen LogP) is 4.71. The number of aromatic nitrogens is 3. The summed E-state index contributed by atoms with van der Waals surface area (Å²) in [5, 5.41) is 6.36. The molecule has 0 saturated carbocycles. The van der Waals surface area contributed by atoms with Crippen molar-refractivity contribution in [1.82, 2.24) is 19.7 Å². The van der Waals surface area contributed by atoms with E-state index < -0.39 is 0 Å². The van der Waals surface area contributed by atoms with Crippen molar-refractivity contribution >= 4 is 22.9 Å². The Hall–Kier alpha value is -4.65. The first-order valence-electron chi connectivity index (χ1n) is 11.4. The quantitative estimate of drug-likeness (QED) is 0.326. The molecule has 0 radical (unpaired) electrons. The molecular weight excluding hydrogens is 438 g/mol. The number of carbonyl (C=O) groups is 1. The standard InChI is InChI=1S/C28H25N5O2/c1-19-2-4-20(5-3-19)12-14-31-28(35)21-6-8-23(9-7-21)32-24-10-11-25(33-17-16-30-27(24)33)22-13-15-29-26(34)18-22/h2-11,13,15-18,32H,12,14H2,1H3,(H,29,34)(H,31,35). The minimum Gasteiger partial charge on any atom is -0.352 e. The molecule has 7 heteroatoms.